The summed E-state index contributed by atoms with van der Waals surface area (Å²) in [7, 11) is 0. The predicted molar refractivity (Wildman–Crippen MR) is 142 cm³/mol. The number of fused-ring (bicyclic) bond motifs is 1. The van der Waals surface area contributed by atoms with Crippen molar-refractivity contribution in [1.82, 2.24) is 5.32 Å². The molecule has 0 spiro atoms. The van der Waals surface area contributed by atoms with Crippen LogP contribution in [0.15, 0.2) is 18.2 Å². The van der Waals surface area contributed by atoms with Gasteiger partial charge in [0.25, 0.3) is 0 Å². The predicted octanol–water partition coefficient (Wildman–Crippen LogP) is 8.68. The van der Waals surface area contributed by atoms with Crippen LogP contribution < -0.4 is 5.32 Å². The molecule has 0 fully saturated rings. The molecule has 2 nitrogen and oxygen atoms in total. The molecule has 1 unspecified atom stereocenters. The second-order valence-electron chi connectivity index (χ2n) is 9.65. The van der Waals surface area contributed by atoms with E-state index < -0.39 is 0 Å². The summed E-state index contributed by atoms with van der Waals surface area (Å²) in [5.41, 5.74) is 2.76. The van der Waals surface area contributed by atoms with Gasteiger partial charge in [-0.15, -0.1) is 17.0 Å². The minimum Gasteiger partial charge on any atom is -0.508 e. The average Bonchev–Trinajstić information content (AvgIpc) is 2.76. The van der Waals surface area contributed by atoms with Crippen molar-refractivity contribution in [3.05, 3.63) is 29.3 Å². The van der Waals surface area contributed by atoms with Gasteiger partial charge in [0.05, 0.1) is 0 Å². The molecule has 0 saturated heterocycles. The van der Waals surface area contributed by atoms with E-state index in [2.05, 4.69) is 18.3 Å². The van der Waals surface area contributed by atoms with Crippen LogP contribution in [0.3, 0.4) is 0 Å². The van der Waals surface area contributed by atoms with Crippen LogP contribution in [0.5, 0.6) is 5.75 Å². The molecule has 3 heteroatoms. The number of benzene rings is 1. The molecule has 1 aromatic rings. The summed E-state index contributed by atoms with van der Waals surface area (Å²) in [5, 5.41) is 13.4. The number of unbranched alkanes of at least 4 members (excludes halogenated alkanes) is 15. The standard InChI is InChI=1S/C28H49NO.BrH/c1-2-3-4-5-6-7-8-9-10-11-12-13-14-15-16-17-22-29-27-20-18-26-24-28(30)21-19-25(26)23-27;/h19,21,24,27,29-30H,2-18,20,22-23H2,1H3;1H. The summed E-state index contributed by atoms with van der Waals surface area (Å²) in [6.07, 6.45) is 26.3. The molecule has 1 atom stereocenters. The Bertz CT molecular complexity index is 548. The fourth-order valence-corrected chi connectivity index (χ4v) is 4.89. The molecule has 1 aliphatic rings. The molecule has 0 heterocycles. The fraction of sp³-hybridized carbons (Fsp3) is 0.786. The molecule has 0 bridgehead atoms. The summed E-state index contributed by atoms with van der Waals surface area (Å²) in [5.74, 6) is 0.410. The van der Waals surface area contributed by atoms with Crippen molar-refractivity contribution in [2.75, 3.05) is 6.54 Å². The van der Waals surface area contributed by atoms with Crippen molar-refractivity contribution < 1.29 is 5.11 Å². The van der Waals surface area contributed by atoms with Gasteiger partial charge >= 0.3 is 0 Å². The molecule has 2 rings (SSSR count). The zero-order valence-corrected chi connectivity index (χ0v) is 22.0. The van der Waals surface area contributed by atoms with Crippen molar-refractivity contribution in [2.45, 2.75) is 135 Å². The van der Waals surface area contributed by atoms with Crippen molar-refractivity contribution in [1.29, 1.82) is 0 Å². The topological polar surface area (TPSA) is 32.3 Å². The zero-order valence-electron chi connectivity index (χ0n) is 20.3. The van der Waals surface area contributed by atoms with E-state index in [1.165, 1.54) is 120 Å². The summed E-state index contributed by atoms with van der Waals surface area (Å²) in [6.45, 7) is 3.46. The number of aromatic hydroxyl groups is 1. The van der Waals surface area contributed by atoms with Crippen LogP contribution in [-0.4, -0.2) is 17.7 Å². The molecular formula is C28H50BrNO. The van der Waals surface area contributed by atoms with Crippen LogP contribution >= 0.6 is 17.0 Å². The minimum atomic E-state index is 0. The smallest absolute Gasteiger partial charge is 0.115 e. The Morgan fingerprint density at radius 3 is 1.81 bits per heavy atom. The molecule has 0 aliphatic heterocycles. The maximum atomic E-state index is 9.60. The molecule has 0 radical (unpaired) electrons. The van der Waals surface area contributed by atoms with Crippen LogP contribution in [-0.2, 0) is 12.8 Å². The maximum Gasteiger partial charge on any atom is 0.115 e. The van der Waals surface area contributed by atoms with Crippen molar-refractivity contribution >= 4 is 17.0 Å². The molecular weight excluding hydrogens is 446 g/mol. The Balaban J connectivity index is 0.00000480. The molecule has 180 valence electrons. The quantitative estimate of drug-likeness (QED) is 0.199. The maximum absolute atomic E-state index is 9.60. The highest BCUT2D eigenvalue weighted by Crippen LogP contribution is 2.25. The molecule has 2 N–H and O–H groups in total. The van der Waals surface area contributed by atoms with Crippen molar-refractivity contribution in [2.24, 2.45) is 0 Å². The zero-order chi connectivity index (χ0) is 21.3. The Morgan fingerprint density at radius 2 is 1.26 bits per heavy atom. The lowest BCUT2D eigenvalue weighted by Crippen LogP contribution is -2.35. The highest BCUT2D eigenvalue weighted by Gasteiger charge is 2.18. The number of phenolic OH excluding ortho intramolecular Hbond substituents is 1. The van der Waals surface area contributed by atoms with Gasteiger partial charge in [0, 0.05) is 6.04 Å². The van der Waals surface area contributed by atoms with Crippen molar-refractivity contribution in [3.63, 3.8) is 0 Å². The number of hydrogen-bond acceptors (Lipinski definition) is 2. The first kappa shape index (κ1) is 28.5. The molecule has 1 aromatic carbocycles. The number of aryl methyl sites for hydroxylation is 1. The van der Waals surface area contributed by atoms with Gasteiger partial charge in [-0.25, -0.2) is 0 Å². The number of hydrogen-bond donors (Lipinski definition) is 2. The minimum absolute atomic E-state index is 0. The summed E-state index contributed by atoms with van der Waals surface area (Å²) < 4.78 is 0. The first-order valence-electron chi connectivity index (χ1n) is 13.3. The van der Waals surface area contributed by atoms with Gasteiger partial charge in [0.15, 0.2) is 0 Å². The highest BCUT2D eigenvalue weighted by molar-refractivity contribution is 8.93. The van der Waals surface area contributed by atoms with E-state index in [4.69, 9.17) is 0 Å². The molecule has 31 heavy (non-hydrogen) atoms. The Morgan fingerprint density at radius 1 is 0.742 bits per heavy atom. The third-order valence-corrected chi connectivity index (χ3v) is 6.88. The number of rotatable bonds is 18. The van der Waals surface area contributed by atoms with Gasteiger partial charge in [-0.3, -0.25) is 0 Å². The van der Waals surface area contributed by atoms with Crippen LogP contribution in [0.25, 0.3) is 0 Å². The van der Waals surface area contributed by atoms with Gasteiger partial charge in [0.1, 0.15) is 5.75 Å². The molecule has 0 amide bonds. The average molecular weight is 497 g/mol. The summed E-state index contributed by atoms with van der Waals surface area (Å²) in [6, 6.07) is 6.50. The van der Waals surface area contributed by atoms with E-state index in [1.54, 1.807) is 0 Å². The summed E-state index contributed by atoms with van der Waals surface area (Å²) in [4.78, 5) is 0. The van der Waals surface area contributed by atoms with Crippen LogP contribution in [0.1, 0.15) is 127 Å². The van der Waals surface area contributed by atoms with Crippen molar-refractivity contribution in [3.8, 4) is 5.75 Å². The van der Waals surface area contributed by atoms with Gasteiger partial charge < -0.3 is 10.4 Å². The lowest BCUT2D eigenvalue weighted by molar-refractivity contribution is 0.441. The highest BCUT2D eigenvalue weighted by atomic mass is 79.9. The summed E-state index contributed by atoms with van der Waals surface area (Å²) >= 11 is 0. The second kappa shape index (κ2) is 19.0. The first-order valence-corrected chi connectivity index (χ1v) is 13.3. The van der Waals surface area contributed by atoms with E-state index in [-0.39, 0.29) is 17.0 Å². The van der Waals surface area contributed by atoms with E-state index in [1.807, 2.05) is 12.1 Å². The lowest BCUT2D eigenvalue weighted by Gasteiger charge is -2.25. The molecule has 0 aromatic heterocycles. The monoisotopic (exact) mass is 495 g/mol. The van der Waals surface area contributed by atoms with Gasteiger partial charge in [0.2, 0.25) is 0 Å². The Labute approximate surface area is 203 Å². The Hall–Kier alpha value is -0.540. The molecule has 0 saturated carbocycles. The van der Waals surface area contributed by atoms with Crippen LogP contribution in [0.4, 0.5) is 0 Å². The first-order chi connectivity index (χ1) is 14.8. The normalized spacial score (nSPS) is 15.5. The largest absolute Gasteiger partial charge is 0.508 e. The van der Waals surface area contributed by atoms with Crippen LogP contribution in [0.2, 0.25) is 0 Å². The second-order valence-corrected chi connectivity index (χ2v) is 9.65. The third-order valence-electron chi connectivity index (χ3n) is 6.88. The van der Waals surface area contributed by atoms with Gasteiger partial charge in [-0.05, 0) is 55.5 Å². The SMILES string of the molecule is Br.CCCCCCCCCCCCCCCCCCNC1CCc2cc(O)ccc2C1. The van der Waals surface area contributed by atoms with Gasteiger partial charge in [-0.2, -0.15) is 0 Å². The van der Waals surface area contributed by atoms with E-state index in [0.717, 1.165) is 19.4 Å². The van der Waals surface area contributed by atoms with E-state index in [9.17, 15) is 5.11 Å². The van der Waals surface area contributed by atoms with Gasteiger partial charge in [-0.1, -0.05) is 109 Å². The number of phenols is 1. The lowest BCUT2D eigenvalue weighted by atomic mass is 9.88. The number of halogens is 1. The Kier molecular flexibility index (Phi) is 17.4. The fourth-order valence-electron chi connectivity index (χ4n) is 4.89. The third kappa shape index (κ3) is 13.6. The van der Waals surface area contributed by atoms with E-state index >= 15 is 0 Å². The number of nitrogens with one attached hydrogen (secondary N) is 1. The van der Waals surface area contributed by atoms with E-state index in [0.29, 0.717) is 11.8 Å². The van der Waals surface area contributed by atoms with Crippen LogP contribution in [0, 0.1) is 0 Å². The molecule has 1 aliphatic carbocycles.